The summed E-state index contributed by atoms with van der Waals surface area (Å²) in [5.74, 6) is 1.42. The molecule has 0 spiro atoms. The Morgan fingerprint density at radius 1 is 1.06 bits per heavy atom. The third-order valence-electron chi connectivity index (χ3n) is 2.32. The number of rotatable bonds is 3. The molecule has 5 heteroatoms. The normalized spacial score (nSPS) is 10.4. The van der Waals surface area contributed by atoms with Gasteiger partial charge in [0.15, 0.2) is 0 Å². The molecule has 0 saturated carbocycles. The highest BCUT2D eigenvalue weighted by Gasteiger charge is 2.10. The SMILES string of the molecule is Clc1ccc(Oc2cccc(Cl)c2CBr)c(Br)c1. The minimum Gasteiger partial charge on any atom is -0.456 e. The van der Waals surface area contributed by atoms with Gasteiger partial charge in [0.1, 0.15) is 11.5 Å². The van der Waals surface area contributed by atoms with Crippen LogP contribution in [0.5, 0.6) is 11.5 Å². The third-order valence-corrected chi connectivity index (χ3v) is 4.09. The molecule has 0 bridgehead atoms. The molecule has 0 saturated heterocycles. The van der Waals surface area contributed by atoms with Crippen LogP contribution >= 0.6 is 55.1 Å². The van der Waals surface area contributed by atoms with E-state index >= 15 is 0 Å². The van der Waals surface area contributed by atoms with Gasteiger partial charge in [-0.1, -0.05) is 45.2 Å². The fourth-order valence-electron chi connectivity index (χ4n) is 1.44. The van der Waals surface area contributed by atoms with Crippen molar-refractivity contribution in [3.63, 3.8) is 0 Å². The highest BCUT2D eigenvalue weighted by Crippen LogP contribution is 2.36. The summed E-state index contributed by atoms with van der Waals surface area (Å²) in [5.41, 5.74) is 0.918. The van der Waals surface area contributed by atoms with E-state index in [0.29, 0.717) is 21.1 Å². The van der Waals surface area contributed by atoms with Gasteiger partial charge in [0.05, 0.1) is 4.47 Å². The van der Waals surface area contributed by atoms with Crippen molar-refractivity contribution in [2.45, 2.75) is 5.33 Å². The smallest absolute Gasteiger partial charge is 0.141 e. The zero-order valence-corrected chi connectivity index (χ0v) is 13.8. The second kappa shape index (κ2) is 6.29. The maximum absolute atomic E-state index is 6.12. The van der Waals surface area contributed by atoms with Crippen LogP contribution in [0.15, 0.2) is 40.9 Å². The van der Waals surface area contributed by atoms with E-state index in [2.05, 4.69) is 31.9 Å². The first-order valence-corrected chi connectivity index (χ1v) is 7.75. The van der Waals surface area contributed by atoms with Gasteiger partial charge in [0, 0.05) is 20.9 Å². The number of alkyl halides is 1. The summed E-state index contributed by atoms with van der Waals surface area (Å²) >= 11 is 18.8. The number of halogens is 4. The zero-order valence-electron chi connectivity index (χ0n) is 9.09. The largest absolute Gasteiger partial charge is 0.456 e. The van der Waals surface area contributed by atoms with Crippen molar-refractivity contribution in [1.82, 2.24) is 0 Å². The van der Waals surface area contributed by atoms with Gasteiger partial charge >= 0.3 is 0 Å². The minimum absolute atomic E-state index is 0.632. The lowest BCUT2D eigenvalue weighted by Crippen LogP contribution is -1.91. The van der Waals surface area contributed by atoms with Crippen molar-refractivity contribution >= 4 is 55.1 Å². The quantitative estimate of drug-likeness (QED) is 0.529. The molecule has 0 atom stereocenters. The van der Waals surface area contributed by atoms with E-state index in [0.717, 1.165) is 15.8 Å². The molecule has 18 heavy (non-hydrogen) atoms. The second-order valence-electron chi connectivity index (χ2n) is 3.53. The molecule has 0 aliphatic rings. The summed E-state index contributed by atoms with van der Waals surface area (Å²) in [6.45, 7) is 0. The first-order chi connectivity index (χ1) is 8.61. The van der Waals surface area contributed by atoms with E-state index in [1.807, 2.05) is 24.3 Å². The first-order valence-electron chi connectivity index (χ1n) is 5.08. The Morgan fingerprint density at radius 2 is 1.83 bits per heavy atom. The van der Waals surface area contributed by atoms with Crippen molar-refractivity contribution < 1.29 is 4.74 Å². The first kappa shape index (κ1) is 14.2. The maximum Gasteiger partial charge on any atom is 0.141 e. The molecule has 94 valence electrons. The predicted molar refractivity (Wildman–Crippen MR) is 83.3 cm³/mol. The molecule has 0 aliphatic carbocycles. The van der Waals surface area contributed by atoms with E-state index in [4.69, 9.17) is 27.9 Å². The Kier molecular flexibility index (Phi) is 4.96. The van der Waals surface area contributed by atoms with E-state index in [-0.39, 0.29) is 0 Å². The van der Waals surface area contributed by atoms with Crippen LogP contribution in [0.2, 0.25) is 10.0 Å². The average molecular weight is 411 g/mol. The predicted octanol–water partition coefficient (Wildman–Crippen LogP) is 6.44. The summed E-state index contributed by atoms with van der Waals surface area (Å²) < 4.78 is 6.65. The van der Waals surface area contributed by atoms with Crippen LogP contribution in [-0.4, -0.2) is 0 Å². The van der Waals surface area contributed by atoms with Gasteiger partial charge in [-0.25, -0.2) is 0 Å². The van der Waals surface area contributed by atoms with Gasteiger partial charge in [0.25, 0.3) is 0 Å². The molecule has 2 aromatic carbocycles. The van der Waals surface area contributed by atoms with Gasteiger partial charge in [-0.3, -0.25) is 0 Å². The molecule has 2 aromatic rings. The van der Waals surface area contributed by atoms with Crippen LogP contribution in [0.3, 0.4) is 0 Å². The van der Waals surface area contributed by atoms with Crippen LogP contribution in [0.1, 0.15) is 5.56 Å². The molecule has 1 nitrogen and oxygen atoms in total. The van der Waals surface area contributed by atoms with Gasteiger partial charge in [-0.15, -0.1) is 0 Å². The highest BCUT2D eigenvalue weighted by molar-refractivity contribution is 9.10. The van der Waals surface area contributed by atoms with Crippen molar-refractivity contribution in [2.24, 2.45) is 0 Å². The minimum atomic E-state index is 0.632. The van der Waals surface area contributed by atoms with Crippen LogP contribution in [-0.2, 0) is 5.33 Å². The lowest BCUT2D eigenvalue weighted by molar-refractivity contribution is 0.475. The molecular formula is C13H8Br2Cl2O. The second-order valence-corrected chi connectivity index (χ2v) is 5.79. The standard InChI is InChI=1S/C13H8Br2Cl2O/c14-7-9-11(17)2-1-3-12(9)18-13-5-4-8(16)6-10(13)15/h1-6H,7H2. The molecule has 0 radical (unpaired) electrons. The fraction of sp³-hybridized carbons (Fsp3) is 0.0769. The fourth-order valence-corrected chi connectivity index (χ4v) is 3.18. The van der Waals surface area contributed by atoms with Crippen molar-refractivity contribution in [3.05, 3.63) is 56.5 Å². The van der Waals surface area contributed by atoms with Crippen LogP contribution in [0, 0.1) is 0 Å². The van der Waals surface area contributed by atoms with E-state index in [9.17, 15) is 0 Å². The molecular weight excluding hydrogens is 403 g/mol. The Labute approximate surface area is 132 Å². The molecule has 0 heterocycles. The summed E-state index contributed by atoms with van der Waals surface area (Å²) in [7, 11) is 0. The summed E-state index contributed by atoms with van der Waals surface area (Å²) in [6.07, 6.45) is 0. The highest BCUT2D eigenvalue weighted by atomic mass is 79.9. The average Bonchev–Trinajstić information content (AvgIpc) is 2.33. The van der Waals surface area contributed by atoms with E-state index in [1.165, 1.54) is 0 Å². The molecule has 0 fully saturated rings. The third kappa shape index (κ3) is 3.21. The van der Waals surface area contributed by atoms with Crippen LogP contribution in [0.4, 0.5) is 0 Å². The van der Waals surface area contributed by atoms with Crippen LogP contribution < -0.4 is 4.74 Å². The summed E-state index contributed by atoms with van der Waals surface area (Å²) in [5, 5.41) is 1.96. The molecule has 0 unspecified atom stereocenters. The molecule has 0 N–H and O–H groups in total. The zero-order chi connectivity index (χ0) is 13.1. The summed E-state index contributed by atoms with van der Waals surface area (Å²) in [6, 6.07) is 10.9. The Hall–Kier alpha value is -0.220. The van der Waals surface area contributed by atoms with Crippen molar-refractivity contribution in [1.29, 1.82) is 0 Å². The number of hydrogen-bond acceptors (Lipinski definition) is 1. The lowest BCUT2D eigenvalue weighted by Gasteiger charge is -2.12. The molecule has 0 amide bonds. The lowest BCUT2D eigenvalue weighted by atomic mass is 10.2. The van der Waals surface area contributed by atoms with Crippen molar-refractivity contribution in [3.8, 4) is 11.5 Å². The molecule has 0 aliphatic heterocycles. The van der Waals surface area contributed by atoms with E-state index in [1.54, 1.807) is 12.1 Å². The van der Waals surface area contributed by atoms with Crippen molar-refractivity contribution in [2.75, 3.05) is 0 Å². The monoisotopic (exact) mass is 408 g/mol. The summed E-state index contributed by atoms with van der Waals surface area (Å²) in [4.78, 5) is 0. The van der Waals surface area contributed by atoms with Gasteiger partial charge in [-0.05, 0) is 46.3 Å². The Balaban J connectivity index is 2.37. The van der Waals surface area contributed by atoms with Gasteiger partial charge in [-0.2, -0.15) is 0 Å². The topological polar surface area (TPSA) is 9.23 Å². The number of ether oxygens (including phenoxy) is 1. The van der Waals surface area contributed by atoms with E-state index < -0.39 is 0 Å². The number of benzene rings is 2. The maximum atomic E-state index is 6.12. The Bertz CT molecular complexity index is 573. The van der Waals surface area contributed by atoms with Crippen LogP contribution in [0.25, 0.3) is 0 Å². The number of hydrogen-bond donors (Lipinski definition) is 0. The van der Waals surface area contributed by atoms with Gasteiger partial charge < -0.3 is 4.74 Å². The Morgan fingerprint density at radius 3 is 2.50 bits per heavy atom. The molecule has 0 aromatic heterocycles. The molecule has 2 rings (SSSR count). The van der Waals surface area contributed by atoms with Gasteiger partial charge in [0.2, 0.25) is 0 Å².